The van der Waals surface area contributed by atoms with E-state index in [1.807, 2.05) is 12.1 Å². The molecule has 1 fully saturated rings. The first-order chi connectivity index (χ1) is 17.2. The summed E-state index contributed by atoms with van der Waals surface area (Å²) >= 11 is 1.22. The molecule has 0 N–H and O–H groups in total. The third-order valence-electron chi connectivity index (χ3n) is 6.27. The molecule has 0 radical (unpaired) electrons. The minimum Gasteiger partial charge on any atom is -0.295 e. The quantitative estimate of drug-likeness (QED) is 0.381. The Morgan fingerprint density at radius 3 is 2.42 bits per heavy atom. The second-order valence-corrected chi connectivity index (χ2v) is 12.0. The molecular formula is C25H26FN5O3S2. The number of fused-ring (bicyclic) bond motifs is 1. The van der Waals surface area contributed by atoms with Gasteiger partial charge in [-0.05, 0) is 35.7 Å². The molecule has 5 rings (SSSR count). The lowest BCUT2D eigenvalue weighted by Gasteiger charge is -2.33. The summed E-state index contributed by atoms with van der Waals surface area (Å²) in [5, 5.41) is 4.81. The Bertz CT molecular complexity index is 1560. The number of halogens is 1. The number of aromatic nitrogens is 3. The predicted molar refractivity (Wildman–Crippen MR) is 137 cm³/mol. The zero-order valence-corrected chi connectivity index (χ0v) is 21.6. The molecule has 1 aliphatic rings. The molecule has 1 saturated heterocycles. The van der Waals surface area contributed by atoms with E-state index in [2.05, 4.69) is 28.8 Å². The minimum absolute atomic E-state index is 0.305. The standard InChI is InChI=1S/C25H26FN5O3S2/c1-17(2)18-6-8-22(9-7-18)36(33,34)30-12-10-29(11-13-30)16-21-15-23(32)31-25(27-21)35-24(28-31)19-4-3-5-20(26)14-19/h3-9,14-15,17H,10-13,16H2,1-2H3. The van der Waals surface area contributed by atoms with Gasteiger partial charge < -0.3 is 0 Å². The van der Waals surface area contributed by atoms with Crippen LogP contribution >= 0.6 is 11.3 Å². The zero-order valence-electron chi connectivity index (χ0n) is 20.0. The van der Waals surface area contributed by atoms with Gasteiger partial charge in [-0.3, -0.25) is 9.69 Å². The van der Waals surface area contributed by atoms with Gasteiger partial charge >= 0.3 is 0 Å². The number of hydrogen-bond donors (Lipinski definition) is 0. The summed E-state index contributed by atoms with van der Waals surface area (Å²) in [7, 11) is -3.56. The van der Waals surface area contributed by atoms with Crippen molar-refractivity contribution in [2.24, 2.45) is 0 Å². The first kappa shape index (κ1) is 24.7. The van der Waals surface area contributed by atoms with E-state index in [9.17, 15) is 17.6 Å². The fraction of sp³-hybridized carbons (Fsp3) is 0.320. The SMILES string of the molecule is CC(C)c1ccc(S(=O)(=O)N2CCN(Cc3cc(=O)n4nc(-c5cccc(F)c5)sc4n3)CC2)cc1. The maximum absolute atomic E-state index is 13.6. The van der Waals surface area contributed by atoms with E-state index in [0.717, 1.165) is 5.56 Å². The lowest BCUT2D eigenvalue weighted by atomic mass is 10.0. The van der Waals surface area contributed by atoms with Crippen molar-refractivity contribution in [3.05, 3.63) is 82.0 Å². The van der Waals surface area contributed by atoms with E-state index in [-0.39, 0.29) is 11.4 Å². The van der Waals surface area contributed by atoms with Gasteiger partial charge in [0.15, 0.2) is 0 Å². The highest BCUT2D eigenvalue weighted by atomic mass is 32.2. The Kier molecular flexibility index (Phi) is 6.73. The lowest BCUT2D eigenvalue weighted by molar-refractivity contribution is 0.180. The average molecular weight is 528 g/mol. The van der Waals surface area contributed by atoms with E-state index < -0.39 is 10.0 Å². The topological polar surface area (TPSA) is 87.9 Å². The number of nitrogens with zero attached hydrogens (tertiary/aromatic N) is 5. The first-order valence-corrected chi connectivity index (χ1v) is 13.9. The normalized spacial score (nSPS) is 15.7. The van der Waals surface area contributed by atoms with Gasteiger partial charge in [-0.2, -0.15) is 13.9 Å². The van der Waals surface area contributed by atoms with Crippen LogP contribution in [0.2, 0.25) is 0 Å². The minimum atomic E-state index is -3.56. The molecule has 0 amide bonds. The van der Waals surface area contributed by atoms with Crippen molar-refractivity contribution in [3.8, 4) is 10.6 Å². The fourth-order valence-electron chi connectivity index (χ4n) is 4.21. The van der Waals surface area contributed by atoms with Crippen LogP contribution in [-0.4, -0.2) is 58.4 Å². The Hall–Kier alpha value is -2.99. The Morgan fingerprint density at radius 1 is 1.03 bits per heavy atom. The summed E-state index contributed by atoms with van der Waals surface area (Å²) in [5.74, 6) is -0.0365. The van der Waals surface area contributed by atoms with E-state index in [4.69, 9.17) is 0 Å². The molecule has 0 unspecified atom stereocenters. The number of sulfonamides is 1. The maximum atomic E-state index is 13.6. The summed E-state index contributed by atoms with van der Waals surface area (Å²) in [6.45, 7) is 6.35. The molecule has 11 heteroatoms. The zero-order chi connectivity index (χ0) is 25.4. The second-order valence-electron chi connectivity index (χ2n) is 9.10. The number of rotatable bonds is 6. The van der Waals surface area contributed by atoms with Crippen LogP contribution in [0.25, 0.3) is 15.5 Å². The summed E-state index contributed by atoms with van der Waals surface area (Å²) in [4.78, 5) is 20.1. The predicted octanol–water partition coefficient (Wildman–Crippen LogP) is 3.59. The Morgan fingerprint density at radius 2 is 1.75 bits per heavy atom. The van der Waals surface area contributed by atoms with Crippen LogP contribution in [0, 0.1) is 5.82 Å². The number of benzene rings is 2. The van der Waals surface area contributed by atoms with Crippen LogP contribution in [0.4, 0.5) is 4.39 Å². The summed E-state index contributed by atoms with van der Waals surface area (Å²) in [6, 6.07) is 14.6. The maximum Gasteiger partial charge on any atom is 0.275 e. The highest BCUT2D eigenvalue weighted by Crippen LogP contribution is 2.25. The Balaban J connectivity index is 1.27. The van der Waals surface area contributed by atoms with Crippen molar-refractivity contribution < 1.29 is 12.8 Å². The molecule has 0 spiro atoms. The molecule has 3 heterocycles. The lowest BCUT2D eigenvalue weighted by Crippen LogP contribution is -2.48. The van der Waals surface area contributed by atoms with Gasteiger partial charge in [0.05, 0.1) is 10.6 Å². The van der Waals surface area contributed by atoms with Gasteiger partial charge in [0, 0.05) is 44.4 Å². The molecule has 0 atom stereocenters. The van der Waals surface area contributed by atoms with Gasteiger partial charge in [-0.15, -0.1) is 0 Å². The summed E-state index contributed by atoms with van der Waals surface area (Å²) < 4.78 is 42.5. The molecule has 0 bridgehead atoms. The van der Waals surface area contributed by atoms with Gasteiger partial charge in [-0.25, -0.2) is 17.8 Å². The third-order valence-corrected chi connectivity index (χ3v) is 9.14. The van der Waals surface area contributed by atoms with Crippen molar-refractivity contribution >= 4 is 26.3 Å². The molecule has 2 aromatic heterocycles. The van der Waals surface area contributed by atoms with E-state index >= 15 is 0 Å². The molecular weight excluding hydrogens is 501 g/mol. The molecule has 188 valence electrons. The second kappa shape index (κ2) is 9.81. The van der Waals surface area contributed by atoms with Crippen LogP contribution < -0.4 is 5.56 Å². The monoisotopic (exact) mass is 527 g/mol. The Labute approximate surface area is 212 Å². The van der Waals surface area contributed by atoms with Crippen LogP contribution in [0.3, 0.4) is 0 Å². The van der Waals surface area contributed by atoms with Crippen molar-refractivity contribution in [2.75, 3.05) is 26.2 Å². The molecule has 8 nitrogen and oxygen atoms in total. The van der Waals surface area contributed by atoms with Gasteiger partial charge in [-0.1, -0.05) is 49.4 Å². The molecule has 4 aromatic rings. The largest absolute Gasteiger partial charge is 0.295 e. The highest BCUT2D eigenvalue weighted by Gasteiger charge is 2.28. The molecule has 0 aliphatic carbocycles. The van der Waals surface area contributed by atoms with Crippen LogP contribution in [0.1, 0.15) is 31.0 Å². The smallest absolute Gasteiger partial charge is 0.275 e. The first-order valence-electron chi connectivity index (χ1n) is 11.7. The van der Waals surface area contributed by atoms with Crippen molar-refractivity contribution in [1.82, 2.24) is 23.8 Å². The van der Waals surface area contributed by atoms with Crippen molar-refractivity contribution in [3.63, 3.8) is 0 Å². The molecule has 2 aromatic carbocycles. The highest BCUT2D eigenvalue weighted by molar-refractivity contribution is 7.89. The van der Waals surface area contributed by atoms with Crippen molar-refractivity contribution in [1.29, 1.82) is 0 Å². The number of hydrogen-bond acceptors (Lipinski definition) is 7. The molecule has 1 aliphatic heterocycles. The van der Waals surface area contributed by atoms with E-state index in [0.29, 0.717) is 64.8 Å². The van der Waals surface area contributed by atoms with Crippen LogP contribution in [-0.2, 0) is 16.6 Å². The van der Waals surface area contributed by atoms with Crippen LogP contribution in [0.15, 0.2) is 64.3 Å². The van der Waals surface area contributed by atoms with Crippen molar-refractivity contribution in [2.45, 2.75) is 31.2 Å². The summed E-state index contributed by atoms with van der Waals surface area (Å²) in [5.41, 5.74) is 1.97. The van der Waals surface area contributed by atoms with Gasteiger partial charge in [0.25, 0.3) is 5.56 Å². The van der Waals surface area contributed by atoms with Crippen LogP contribution in [0.5, 0.6) is 0 Å². The fourth-order valence-corrected chi connectivity index (χ4v) is 6.55. The van der Waals surface area contributed by atoms with Gasteiger partial charge in [0.2, 0.25) is 15.0 Å². The molecule has 36 heavy (non-hydrogen) atoms. The van der Waals surface area contributed by atoms with E-state index in [1.165, 1.54) is 38.4 Å². The number of piperazine rings is 1. The third kappa shape index (κ3) is 4.96. The summed E-state index contributed by atoms with van der Waals surface area (Å²) in [6.07, 6.45) is 0. The average Bonchev–Trinajstić information content (AvgIpc) is 3.29. The molecule has 0 saturated carbocycles. The van der Waals surface area contributed by atoms with Gasteiger partial charge in [0.1, 0.15) is 10.8 Å². The van der Waals surface area contributed by atoms with E-state index in [1.54, 1.807) is 24.3 Å².